The molecule has 20 heavy (non-hydrogen) atoms. The number of hydrogen-bond acceptors (Lipinski definition) is 3. The monoisotopic (exact) mass is 346 g/mol. The lowest BCUT2D eigenvalue weighted by Crippen LogP contribution is -2.29. The third kappa shape index (κ3) is 7.41. The van der Waals surface area contributed by atoms with Crippen molar-refractivity contribution in [3.63, 3.8) is 0 Å². The van der Waals surface area contributed by atoms with E-state index in [4.69, 9.17) is 4.74 Å². The lowest BCUT2D eigenvalue weighted by molar-refractivity contribution is -0.150. The van der Waals surface area contributed by atoms with Gasteiger partial charge in [-0.1, -0.05) is 60.9 Å². The first-order valence-corrected chi connectivity index (χ1v) is 8.88. The molecule has 1 atom stereocenters. The summed E-state index contributed by atoms with van der Waals surface area (Å²) in [6.45, 7) is 1.40. The first kappa shape index (κ1) is 17.7. The number of Topliss-reactive ketones (excluding diaryl/α,β-unsaturated/α-hetero) is 1. The second kappa shape index (κ2) is 10.4. The molecule has 116 valence electrons. The van der Waals surface area contributed by atoms with E-state index in [0.717, 1.165) is 25.7 Å². The largest absolute Gasteiger partial charge is 0.461 e. The molecule has 1 unspecified atom stereocenters. The first-order valence-electron chi connectivity index (χ1n) is 7.96. The molecule has 4 heteroatoms. The van der Waals surface area contributed by atoms with Gasteiger partial charge in [0.05, 0.1) is 0 Å². The number of carbonyl (C=O) groups excluding carboxylic acids is 2. The Bertz CT molecular complexity index is 292. The average molecular weight is 347 g/mol. The number of carbonyl (C=O) groups is 2. The van der Waals surface area contributed by atoms with Gasteiger partial charge in [0, 0.05) is 0 Å². The Morgan fingerprint density at radius 3 is 1.70 bits per heavy atom. The van der Waals surface area contributed by atoms with E-state index in [0.29, 0.717) is 0 Å². The van der Waals surface area contributed by atoms with Gasteiger partial charge in [-0.25, -0.2) is 0 Å². The molecular weight excluding hydrogens is 320 g/mol. The van der Waals surface area contributed by atoms with Crippen molar-refractivity contribution in [1.82, 2.24) is 0 Å². The maximum absolute atomic E-state index is 11.8. The molecule has 0 aromatic heterocycles. The van der Waals surface area contributed by atoms with E-state index >= 15 is 0 Å². The Kier molecular flexibility index (Phi) is 9.16. The van der Waals surface area contributed by atoms with Crippen LogP contribution in [0.15, 0.2) is 0 Å². The van der Waals surface area contributed by atoms with E-state index < -0.39 is 10.8 Å². The van der Waals surface area contributed by atoms with Gasteiger partial charge in [0.1, 0.15) is 6.10 Å². The van der Waals surface area contributed by atoms with Crippen LogP contribution in [0.25, 0.3) is 0 Å². The second-order valence-electron chi connectivity index (χ2n) is 5.79. The highest BCUT2D eigenvalue weighted by molar-refractivity contribution is 9.10. The second-order valence-corrected chi connectivity index (χ2v) is 6.71. The van der Waals surface area contributed by atoms with Crippen molar-refractivity contribution in [3.05, 3.63) is 0 Å². The lowest BCUT2D eigenvalue weighted by Gasteiger charge is -2.19. The molecule has 0 heterocycles. The van der Waals surface area contributed by atoms with E-state index in [2.05, 4.69) is 15.9 Å². The van der Waals surface area contributed by atoms with E-state index in [-0.39, 0.29) is 11.9 Å². The van der Waals surface area contributed by atoms with Crippen LogP contribution < -0.4 is 0 Å². The molecule has 1 rings (SSSR count). The molecule has 0 radical (unpaired) electrons. The topological polar surface area (TPSA) is 43.4 Å². The van der Waals surface area contributed by atoms with Gasteiger partial charge in [0.25, 0.3) is 0 Å². The van der Waals surface area contributed by atoms with E-state index in [1.807, 2.05) is 0 Å². The quantitative estimate of drug-likeness (QED) is 0.427. The molecule has 0 spiro atoms. The van der Waals surface area contributed by atoms with Crippen LogP contribution in [0.4, 0.5) is 0 Å². The predicted molar refractivity (Wildman–Crippen MR) is 84.1 cm³/mol. The summed E-state index contributed by atoms with van der Waals surface area (Å²) in [5, 5.41) is 0. The maximum atomic E-state index is 11.8. The zero-order valence-electron chi connectivity index (χ0n) is 12.5. The molecule has 0 amide bonds. The molecular formula is C16H27BrO3. The SMILES string of the molecule is CC(=O)C(Br)C(=O)OC1CCCCCCCCCCC1. The third-order valence-corrected chi connectivity index (χ3v) is 4.92. The van der Waals surface area contributed by atoms with Gasteiger partial charge in [-0.3, -0.25) is 9.59 Å². The Hall–Kier alpha value is -0.380. The normalized spacial score (nSPS) is 21.3. The highest BCUT2D eigenvalue weighted by Crippen LogP contribution is 2.20. The highest BCUT2D eigenvalue weighted by Gasteiger charge is 2.24. The van der Waals surface area contributed by atoms with Crippen LogP contribution in [0.2, 0.25) is 0 Å². The van der Waals surface area contributed by atoms with E-state index in [1.165, 1.54) is 51.9 Å². The van der Waals surface area contributed by atoms with Crippen LogP contribution in [-0.4, -0.2) is 22.7 Å². The molecule has 0 aromatic carbocycles. The van der Waals surface area contributed by atoms with Gasteiger partial charge in [-0.05, 0) is 32.6 Å². The maximum Gasteiger partial charge on any atom is 0.327 e. The minimum absolute atomic E-state index is 0.0127. The summed E-state index contributed by atoms with van der Waals surface area (Å²) in [5.74, 6) is -0.613. The zero-order chi connectivity index (χ0) is 14.8. The number of alkyl halides is 1. The molecule has 0 aromatic rings. The minimum Gasteiger partial charge on any atom is -0.461 e. The van der Waals surface area contributed by atoms with Gasteiger partial charge >= 0.3 is 5.97 Å². The van der Waals surface area contributed by atoms with Gasteiger partial charge in [0.2, 0.25) is 0 Å². The average Bonchev–Trinajstić information content (AvgIpc) is 2.40. The number of halogens is 1. The summed E-state index contributed by atoms with van der Waals surface area (Å²) in [6, 6.07) is 0. The smallest absolute Gasteiger partial charge is 0.327 e. The van der Waals surface area contributed by atoms with Gasteiger partial charge in [-0.2, -0.15) is 0 Å². The van der Waals surface area contributed by atoms with Crippen molar-refractivity contribution < 1.29 is 14.3 Å². The Labute approximate surface area is 131 Å². The predicted octanol–water partition coefficient (Wildman–Crippen LogP) is 4.56. The Morgan fingerprint density at radius 2 is 1.30 bits per heavy atom. The van der Waals surface area contributed by atoms with Crippen molar-refractivity contribution in [2.75, 3.05) is 0 Å². The number of esters is 1. The summed E-state index contributed by atoms with van der Waals surface area (Å²) in [6.07, 6.45) is 13.1. The summed E-state index contributed by atoms with van der Waals surface area (Å²) >= 11 is 3.10. The molecule has 1 aliphatic carbocycles. The summed E-state index contributed by atoms with van der Waals surface area (Å²) < 4.78 is 5.51. The van der Waals surface area contributed by atoms with Gasteiger partial charge < -0.3 is 4.74 Å². The van der Waals surface area contributed by atoms with Crippen LogP contribution in [0, 0.1) is 0 Å². The molecule has 3 nitrogen and oxygen atoms in total. The molecule has 0 bridgehead atoms. The molecule has 0 aliphatic heterocycles. The summed E-state index contributed by atoms with van der Waals surface area (Å²) in [4.78, 5) is 22.2. The first-order chi connectivity index (χ1) is 9.61. The molecule has 1 aliphatic rings. The molecule has 1 fully saturated rings. The highest BCUT2D eigenvalue weighted by atomic mass is 79.9. The number of hydrogen-bond donors (Lipinski definition) is 0. The summed E-state index contributed by atoms with van der Waals surface area (Å²) in [7, 11) is 0. The van der Waals surface area contributed by atoms with Crippen LogP contribution in [0.1, 0.15) is 77.6 Å². The Morgan fingerprint density at radius 1 is 0.900 bits per heavy atom. The van der Waals surface area contributed by atoms with Crippen LogP contribution in [0.5, 0.6) is 0 Å². The lowest BCUT2D eigenvalue weighted by atomic mass is 9.99. The fourth-order valence-electron chi connectivity index (χ4n) is 2.63. The summed E-state index contributed by atoms with van der Waals surface area (Å²) in [5.41, 5.74) is 0. The molecule has 1 saturated carbocycles. The van der Waals surface area contributed by atoms with Gasteiger partial charge in [-0.15, -0.1) is 0 Å². The molecule has 0 saturated heterocycles. The van der Waals surface area contributed by atoms with Crippen molar-refractivity contribution in [2.24, 2.45) is 0 Å². The number of rotatable bonds is 3. The van der Waals surface area contributed by atoms with E-state index in [9.17, 15) is 9.59 Å². The van der Waals surface area contributed by atoms with Crippen LogP contribution >= 0.6 is 15.9 Å². The molecule has 0 N–H and O–H groups in total. The number of ether oxygens (including phenoxy) is 1. The van der Waals surface area contributed by atoms with Crippen molar-refractivity contribution in [1.29, 1.82) is 0 Å². The Balaban J connectivity index is 2.41. The van der Waals surface area contributed by atoms with Crippen molar-refractivity contribution in [3.8, 4) is 0 Å². The fraction of sp³-hybridized carbons (Fsp3) is 0.875. The fourth-order valence-corrected chi connectivity index (χ4v) is 2.74. The van der Waals surface area contributed by atoms with E-state index in [1.54, 1.807) is 0 Å². The van der Waals surface area contributed by atoms with Crippen molar-refractivity contribution >= 4 is 27.7 Å². The van der Waals surface area contributed by atoms with Crippen molar-refractivity contribution in [2.45, 2.75) is 88.5 Å². The minimum atomic E-state index is -0.802. The van der Waals surface area contributed by atoms with Crippen LogP contribution in [-0.2, 0) is 14.3 Å². The zero-order valence-corrected chi connectivity index (χ0v) is 14.1. The van der Waals surface area contributed by atoms with Crippen LogP contribution in [0.3, 0.4) is 0 Å². The standard InChI is InChI=1S/C16H27BrO3/c1-13(18)15(17)16(19)20-14-11-9-7-5-3-2-4-6-8-10-12-14/h14-15H,2-12H2,1H3. The third-order valence-electron chi connectivity index (χ3n) is 3.90. The van der Waals surface area contributed by atoms with Gasteiger partial charge in [0.15, 0.2) is 10.6 Å². The number of ketones is 1.